The maximum atomic E-state index is 13.5. The number of nitrogens with zero attached hydrogens (tertiary/aromatic N) is 5. The van der Waals surface area contributed by atoms with Crippen molar-refractivity contribution in [3.63, 3.8) is 0 Å². The maximum Gasteiger partial charge on any atom is 0.410 e. The Hall–Kier alpha value is -2.90. The zero-order chi connectivity index (χ0) is 23.0. The van der Waals surface area contributed by atoms with Gasteiger partial charge in [-0.3, -0.25) is 0 Å². The molecule has 1 aliphatic carbocycles. The lowest BCUT2D eigenvalue weighted by Gasteiger charge is -2.36. The second-order valence-corrected chi connectivity index (χ2v) is 9.88. The normalized spacial score (nSPS) is 19.3. The Morgan fingerprint density at radius 2 is 1.91 bits per heavy atom. The number of anilines is 1. The Kier molecular flexibility index (Phi) is 5.97. The number of hydrogen-bond donors (Lipinski definition) is 0. The standard InChI is InChI=1S/C24H32FN5O2/c1-24(2,3)32-23(31)28(4)14-16-6-9-18(10-7-16)29(5)22-13-21-19-11-8-17(25)12-20(19)27-30(21)15-26-22/h8,11-13,15-16,18H,6-7,9-10,14H2,1-5H3. The van der Waals surface area contributed by atoms with Crippen molar-refractivity contribution in [2.24, 2.45) is 5.92 Å². The fourth-order valence-electron chi connectivity index (χ4n) is 4.50. The average molecular weight is 442 g/mol. The quantitative estimate of drug-likeness (QED) is 0.577. The molecule has 8 heteroatoms. The predicted octanol–water partition coefficient (Wildman–Crippen LogP) is 4.88. The summed E-state index contributed by atoms with van der Waals surface area (Å²) in [5.41, 5.74) is 1.07. The second-order valence-electron chi connectivity index (χ2n) is 9.88. The molecule has 7 nitrogen and oxygen atoms in total. The van der Waals surface area contributed by atoms with Crippen LogP contribution in [-0.4, -0.2) is 57.9 Å². The van der Waals surface area contributed by atoms with E-state index in [0.29, 0.717) is 24.0 Å². The summed E-state index contributed by atoms with van der Waals surface area (Å²) in [6, 6.07) is 7.09. The van der Waals surface area contributed by atoms with Crippen LogP contribution in [0.25, 0.3) is 16.4 Å². The van der Waals surface area contributed by atoms with Crippen LogP contribution in [0.5, 0.6) is 0 Å². The van der Waals surface area contributed by atoms with Crippen molar-refractivity contribution in [3.8, 4) is 0 Å². The lowest BCUT2D eigenvalue weighted by atomic mass is 9.85. The van der Waals surface area contributed by atoms with Crippen LogP contribution in [0.2, 0.25) is 0 Å². The summed E-state index contributed by atoms with van der Waals surface area (Å²) in [5.74, 6) is 1.07. The van der Waals surface area contributed by atoms with Crippen molar-refractivity contribution in [1.82, 2.24) is 19.5 Å². The van der Waals surface area contributed by atoms with Gasteiger partial charge in [-0.2, -0.15) is 5.10 Å². The monoisotopic (exact) mass is 441 g/mol. The van der Waals surface area contributed by atoms with Crippen molar-refractivity contribution in [3.05, 3.63) is 36.4 Å². The van der Waals surface area contributed by atoms with Crippen LogP contribution in [-0.2, 0) is 4.74 Å². The van der Waals surface area contributed by atoms with E-state index in [4.69, 9.17) is 4.74 Å². The SMILES string of the molecule is CN(CC1CCC(N(C)c2cc3c4ccc(F)cc4nn3cn2)CC1)C(=O)OC(C)(C)C. The molecule has 3 aromatic rings. The second kappa shape index (κ2) is 8.56. The topological polar surface area (TPSA) is 63.0 Å². The van der Waals surface area contributed by atoms with Crippen LogP contribution in [0.1, 0.15) is 46.5 Å². The fraction of sp³-hybridized carbons (Fsp3) is 0.542. The van der Waals surface area contributed by atoms with Crippen molar-refractivity contribution < 1.29 is 13.9 Å². The van der Waals surface area contributed by atoms with E-state index in [-0.39, 0.29) is 11.9 Å². The van der Waals surface area contributed by atoms with E-state index in [1.807, 2.05) is 33.9 Å². The Morgan fingerprint density at radius 1 is 1.19 bits per heavy atom. The largest absolute Gasteiger partial charge is 0.444 e. The molecule has 0 bridgehead atoms. The van der Waals surface area contributed by atoms with Gasteiger partial charge in [-0.15, -0.1) is 0 Å². The molecular formula is C24H32FN5O2. The molecule has 0 radical (unpaired) electrons. The van der Waals surface area contributed by atoms with Gasteiger partial charge >= 0.3 is 6.09 Å². The molecular weight excluding hydrogens is 409 g/mol. The van der Waals surface area contributed by atoms with Crippen LogP contribution in [0, 0.1) is 11.7 Å². The number of rotatable bonds is 4. The summed E-state index contributed by atoms with van der Waals surface area (Å²) in [5, 5.41) is 5.33. The summed E-state index contributed by atoms with van der Waals surface area (Å²) >= 11 is 0. The Labute approximate surface area is 188 Å². The summed E-state index contributed by atoms with van der Waals surface area (Å²) in [4.78, 5) is 20.8. The van der Waals surface area contributed by atoms with Crippen molar-refractivity contribution in [2.45, 2.75) is 58.1 Å². The van der Waals surface area contributed by atoms with Gasteiger partial charge in [0.1, 0.15) is 23.6 Å². The summed E-state index contributed by atoms with van der Waals surface area (Å²) in [6.45, 7) is 6.37. The maximum absolute atomic E-state index is 13.5. The number of ether oxygens (including phenoxy) is 1. The van der Waals surface area contributed by atoms with Gasteiger partial charge in [-0.25, -0.2) is 18.7 Å². The molecule has 1 amide bonds. The van der Waals surface area contributed by atoms with E-state index < -0.39 is 5.60 Å². The molecule has 0 spiro atoms. The van der Waals surface area contributed by atoms with Crippen LogP contribution in [0.15, 0.2) is 30.6 Å². The number of fused-ring (bicyclic) bond motifs is 3. The molecule has 4 rings (SSSR count). The molecule has 172 valence electrons. The molecule has 0 unspecified atom stereocenters. The first kappa shape index (κ1) is 22.3. The zero-order valence-electron chi connectivity index (χ0n) is 19.5. The van der Waals surface area contributed by atoms with E-state index in [0.717, 1.165) is 42.4 Å². The molecule has 0 saturated heterocycles. The molecule has 1 aliphatic rings. The predicted molar refractivity (Wildman–Crippen MR) is 123 cm³/mol. The van der Waals surface area contributed by atoms with E-state index in [1.54, 1.807) is 21.8 Å². The molecule has 1 aromatic carbocycles. The van der Waals surface area contributed by atoms with E-state index in [9.17, 15) is 9.18 Å². The lowest BCUT2D eigenvalue weighted by Crippen LogP contribution is -2.40. The van der Waals surface area contributed by atoms with E-state index in [2.05, 4.69) is 22.0 Å². The van der Waals surface area contributed by atoms with Gasteiger partial charge in [-0.05, 0) is 64.5 Å². The van der Waals surface area contributed by atoms with Gasteiger partial charge in [0.05, 0.1) is 11.0 Å². The zero-order valence-corrected chi connectivity index (χ0v) is 19.5. The van der Waals surface area contributed by atoms with Gasteiger partial charge < -0.3 is 14.5 Å². The Bertz CT molecular complexity index is 1110. The minimum atomic E-state index is -0.477. The first-order valence-electron chi connectivity index (χ1n) is 11.2. The van der Waals surface area contributed by atoms with Gasteiger partial charge in [0.15, 0.2) is 0 Å². The molecule has 2 heterocycles. The minimum absolute atomic E-state index is 0.262. The summed E-state index contributed by atoms with van der Waals surface area (Å²) < 4.78 is 20.7. The minimum Gasteiger partial charge on any atom is -0.444 e. The molecule has 0 aliphatic heterocycles. The first-order valence-corrected chi connectivity index (χ1v) is 11.2. The number of benzene rings is 1. The molecule has 2 aromatic heterocycles. The number of carbonyl (C=O) groups is 1. The van der Waals surface area contributed by atoms with E-state index >= 15 is 0 Å². The average Bonchev–Trinajstić information content (AvgIpc) is 3.09. The van der Waals surface area contributed by atoms with Gasteiger partial charge in [0.2, 0.25) is 0 Å². The van der Waals surface area contributed by atoms with Crippen molar-refractivity contribution >= 4 is 28.3 Å². The number of amides is 1. The Morgan fingerprint density at radius 3 is 2.59 bits per heavy atom. The van der Waals surface area contributed by atoms with Crippen LogP contribution >= 0.6 is 0 Å². The number of aromatic nitrogens is 3. The highest BCUT2D eigenvalue weighted by atomic mass is 19.1. The third-order valence-corrected chi connectivity index (χ3v) is 6.23. The van der Waals surface area contributed by atoms with Crippen LogP contribution < -0.4 is 4.90 Å². The van der Waals surface area contributed by atoms with Gasteiger partial charge in [0.25, 0.3) is 0 Å². The van der Waals surface area contributed by atoms with Gasteiger partial charge in [0, 0.05) is 44.2 Å². The first-order chi connectivity index (χ1) is 15.1. The summed E-state index contributed by atoms with van der Waals surface area (Å²) in [7, 11) is 3.89. The third kappa shape index (κ3) is 4.79. The number of hydrogen-bond acceptors (Lipinski definition) is 5. The molecule has 32 heavy (non-hydrogen) atoms. The highest BCUT2D eigenvalue weighted by molar-refractivity contribution is 5.94. The van der Waals surface area contributed by atoms with Crippen LogP contribution in [0.4, 0.5) is 15.0 Å². The summed E-state index contributed by atoms with van der Waals surface area (Å²) in [6.07, 6.45) is 5.63. The smallest absolute Gasteiger partial charge is 0.410 e. The van der Waals surface area contributed by atoms with Crippen molar-refractivity contribution in [1.29, 1.82) is 0 Å². The van der Waals surface area contributed by atoms with E-state index in [1.165, 1.54) is 12.1 Å². The highest BCUT2D eigenvalue weighted by Gasteiger charge is 2.28. The molecule has 0 atom stereocenters. The number of carbonyl (C=O) groups excluding carboxylic acids is 1. The lowest BCUT2D eigenvalue weighted by molar-refractivity contribution is 0.0261. The molecule has 0 N–H and O–H groups in total. The van der Waals surface area contributed by atoms with Crippen molar-refractivity contribution in [2.75, 3.05) is 25.5 Å². The number of halogens is 1. The van der Waals surface area contributed by atoms with Crippen LogP contribution in [0.3, 0.4) is 0 Å². The molecule has 1 fully saturated rings. The van der Waals surface area contributed by atoms with Gasteiger partial charge in [-0.1, -0.05) is 0 Å². The Balaban J connectivity index is 1.39. The molecule has 1 saturated carbocycles. The highest BCUT2D eigenvalue weighted by Crippen LogP contribution is 2.31. The fourth-order valence-corrected chi connectivity index (χ4v) is 4.50. The third-order valence-electron chi connectivity index (χ3n) is 6.23.